The number of nitrogens with one attached hydrogen (secondary N) is 1. The number of aryl methyl sites for hydroxylation is 1. The maximum atomic E-state index is 6.17. The quantitative estimate of drug-likeness (QED) is 0.519. The van der Waals surface area contributed by atoms with E-state index >= 15 is 0 Å². The second-order valence-corrected chi connectivity index (χ2v) is 7.17. The molecular weight excluding hydrogens is 350 g/mol. The molecule has 0 spiro atoms. The van der Waals surface area contributed by atoms with Crippen LogP contribution in [-0.2, 0) is 13.0 Å². The molecule has 0 unspecified atom stereocenters. The minimum Gasteiger partial charge on any atom is -0.361 e. The first-order valence-corrected chi connectivity index (χ1v) is 9.44. The summed E-state index contributed by atoms with van der Waals surface area (Å²) < 4.78 is 2.30. The normalized spacial score (nSPS) is 12.2. The minimum atomic E-state index is 0.769. The van der Waals surface area contributed by atoms with E-state index in [1.165, 1.54) is 22.2 Å². The molecule has 0 atom stereocenters. The van der Waals surface area contributed by atoms with Gasteiger partial charge in [-0.1, -0.05) is 41.9 Å². The molecule has 0 saturated heterocycles. The number of hydrogen-bond donors (Lipinski definition) is 1. The molecule has 2 aromatic heterocycles. The maximum Gasteiger partial charge on any atom is 0.184 e. The van der Waals surface area contributed by atoms with Crippen molar-refractivity contribution in [2.24, 2.45) is 4.99 Å². The van der Waals surface area contributed by atoms with Crippen LogP contribution in [0.4, 0.5) is 0 Å². The number of fused-ring (bicyclic) bond motifs is 1. The van der Waals surface area contributed by atoms with Crippen LogP contribution in [0.1, 0.15) is 5.56 Å². The van der Waals surface area contributed by atoms with Crippen LogP contribution in [-0.4, -0.2) is 16.6 Å². The van der Waals surface area contributed by atoms with Gasteiger partial charge in [0.05, 0.1) is 5.69 Å². The number of aromatic nitrogens is 2. The Balaban J connectivity index is 1.69. The molecule has 126 valence electrons. The minimum absolute atomic E-state index is 0.769. The first-order valence-electron chi connectivity index (χ1n) is 8.18. The highest BCUT2D eigenvalue weighted by atomic mass is 35.5. The van der Waals surface area contributed by atoms with Crippen molar-refractivity contribution < 1.29 is 0 Å². The van der Waals surface area contributed by atoms with Crippen molar-refractivity contribution in [3.8, 4) is 11.3 Å². The Morgan fingerprint density at radius 2 is 2.00 bits per heavy atom. The van der Waals surface area contributed by atoms with Crippen LogP contribution in [0.3, 0.4) is 0 Å². The number of rotatable bonds is 4. The Kier molecular flexibility index (Phi) is 4.47. The fourth-order valence-corrected chi connectivity index (χ4v) is 4.23. The summed E-state index contributed by atoms with van der Waals surface area (Å²) in [6, 6.07) is 16.4. The molecule has 0 fully saturated rings. The molecule has 0 amide bonds. The summed E-state index contributed by atoms with van der Waals surface area (Å²) in [5.74, 6) is 0. The molecule has 3 nitrogen and oxygen atoms in total. The third kappa shape index (κ3) is 3.15. The van der Waals surface area contributed by atoms with Gasteiger partial charge in [-0.15, -0.1) is 11.3 Å². The van der Waals surface area contributed by atoms with Crippen molar-refractivity contribution in [1.82, 2.24) is 9.55 Å². The summed E-state index contributed by atoms with van der Waals surface area (Å²) in [7, 11) is 1.85. The molecule has 4 rings (SSSR count). The Morgan fingerprint density at radius 1 is 1.16 bits per heavy atom. The van der Waals surface area contributed by atoms with Gasteiger partial charge in [0.1, 0.15) is 0 Å². The van der Waals surface area contributed by atoms with Crippen molar-refractivity contribution in [3.63, 3.8) is 0 Å². The zero-order chi connectivity index (χ0) is 17.2. The number of nitrogens with zero attached hydrogens (tertiary/aromatic N) is 2. The lowest BCUT2D eigenvalue weighted by atomic mass is 10.1. The van der Waals surface area contributed by atoms with Gasteiger partial charge in [-0.3, -0.25) is 4.99 Å². The summed E-state index contributed by atoms with van der Waals surface area (Å²) in [6.07, 6.45) is 3.00. The summed E-state index contributed by atoms with van der Waals surface area (Å²) in [4.78, 5) is 8.82. The van der Waals surface area contributed by atoms with Gasteiger partial charge < -0.3 is 9.55 Å². The molecule has 2 aromatic carbocycles. The predicted octanol–water partition coefficient (Wildman–Crippen LogP) is 5.12. The van der Waals surface area contributed by atoms with E-state index in [1.54, 1.807) is 11.3 Å². The number of aromatic amines is 1. The molecule has 0 aliphatic carbocycles. The molecule has 25 heavy (non-hydrogen) atoms. The average Bonchev–Trinajstić information content (AvgIpc) is 3.24. The second-order valence-electron chi connectivity index (χ2n) is 5.90. The van der Waals surface area contributed by atoms with E-state index in [-0.39, 0.29) is 0 Å². The van der Waals surface area contributed by atoms with E-state index < -0.39 is 0 Å². The zero-order valence-corrected chi connectivity index (χ0v) is 15.4. The lowest BCUT2D eigenvalue weighted by Gasteiger charge is -2.09. The summed E-state index contributed by atoms with van der Waals surface area (Å²) in [6.45, 7) is 0.875. The highest BCUT2D eigenvalue weighted by Crippen LogP contribution is 2.24. The van der Waals surface area contributed by atoms with Gasteiger partial charge in [0, 0.05) is 41.1 Å². The van der Waals surface area contributed by atoms with E-state index in [0.717, 1.165) is 28.3 Å². The van der Waals surface area contributed by atoms with Crippen molar-refractivity contribution in [2.75, 3.05) is 7.05 Å². The van der Waals surface area contributed by atoms with Crippen molar-refractivity contribution in [2.45, 2.75) is 13.0 Å². The lowest BCUT2D eigenvalue weighted by molar-refractivity contribution is 0.684. The van der Waals surface area contributed by atoms with Crippen LogP contribution in [0.15, 0.2) is 65.1 Å². The van der Waals surface area contributed by atoms with Crippen molar-refractivity contribution in [1.29, 1.82) is 0 Å². The molecule has 0 saturated carbocycles. The fourth-order valence-electron chi connectivity index (χ4n) is 3.15. The fraction of sp³-hybridized carbons (Fsp3) is 0.150. The van der Waals surface area contributed by atoms with Crippen LogP contribution < -0.4 is 4.80 Å². The third-order valence-electron chi connectivity index (χ3n) is 4.39. The molecule has 2 heterocycles. The van der Waals surface area contributed by atoms with Crippen LogP contribution in [0.5, 0.6) is 0 Å². The predicted molar refractivity (Wildman–Crippen MR) is 106 cm³/mol. The number of hydrogen-bond acceptors (Lipinski definition) is 2. The average molecular weight is 368 g/mol. The maximum absolute atomic E-state index is 6.17. The highest BCUT2D eigenvalue weighted by Gasteiger charge is 2.10. The molecule has 5 heteroatoms. The standard InChI is InChI=1S/C20H18ClN3S/c1-22-20-24(19(13-25-20)14-5-3-2-4-6-14)10-9-15-12-23-18-8-7-16(21)11-17(15)18/h2-8,11-13,23H,9-10H2,1H3. The molecule has 4 aromatic rings. The first-order chi connectivity index (χ1) is 12.3. The monoisotopic (exact) mass is 367 g/mol. The van der Waals surface area contributed by atoms with Gasteiger partial charge in [0.2, 0.25) is 0 Å². The smallest absolute Gasteiger partial charge is 0.184 e. The number of H-pyrrole nitrogens is 1. The Hall–Kier alpha value is -2.30. The molecule has 0 bridgehead atoms. The molecular formula is C20H18ClN3S. The number of benzene rings is 2. The van der Waals surface area contributed by atoms with Gasteiger partial charge in [-0.05, 0) is 35.7 Å². The first kappa shape index (κ1) is 16.2. The Morgan fingerprint density at radius 3 is 2.80 bits per heavy atom. The van der Waals surface area contributed by atoms with Crippen LogP contribution in [0.25, 0.3) is 22.2 Å². The van der Waals surface area contributed by atoms with Crippen LogP contribution in [0.2, 0.25) is 5.02 Å². The van der Waals surface area contributed by atoms with E-state index in [1.807, 2.05) is 31.3 Å². The van der Waals surface area contributed by atoms with Crippen LogP contribution >= 0.6 is 22.9 Å². The largest absolute Gasteiger partial charge is 0.361 e. The SMILES string of the molecule is CN=c1scc(-c2ccccc2)n1CCc1c[nH]c2ccc(Cl)cc12. The van der Waals surface area contributed by atoms with Gasteiger partial charge in [0.15, 0.2) is 4.80 Å². The summed E-state index contributed by atoms with van der Waals surface area (Å²) >= 11 is 7.85. The van der Waals surface area contributed by atoms with E-state index in [0.29, 0.717) is 0 Å². The molecule has 0 aliphatic rings. The Labute approximate surface area is 155 Å². The van der Waals surface area contributed by atoms with Gasteiger partial charge in [-0.2, -0.15) is 0 Å². The van der Waals surface area contributed by atoms with Crippen LogP contribution in [0, 0.1) is 0 Å². The molecule has 1 N–H and O–H groups in total. The van der Waals surface area contributed by atoms with Gasteiger partial charge >= 0.3 is 0 Å². The molecule has 0 aliphatic heterocycles. The third-order valence-corrected chi connectivity index (χ3v) is 5.58. The number of halogens is 1. The highest BCUT2D eigenvalue weighted by molar-refractivity contribution is 7.07. The summed E-state index contributed by atoms with van der Waals surface area (Å²) in [5.41, 5.74) is 4.83. The van der Waals surface area contributed by atoms with E-state index in [2.05, 4.69) is 50.4 Å². The van der Waals surface area contributed by atoms with E-state index in [4.69, 9.17) is 11.6 Å². The number of thiazole rings is 1. The Bertz CT molecular complexity index is 1070. The van der Waals surface area contributed by atoms with Gasteiger partial charge in [-0.25, -0.2) is 0 Å². The van der Waals surface area contributed by atoms with Crippen molar-refractivity contribution in [3.05, 3.63) is 75.5 Å². The van der Waals surface area contributed by atoms with E-state index in [9.17, 15) is 0 Å². The lowest BCUT2D eigenvalue weighted by Crippen LogP contribution is -2.17. The van der Waals surface area contributed by atoms with Gasteiger partial charge in [0.25, 0.3) is 0 Å². The topological polar surface area (TPSA) is 33.1 Å². The molecule has 0 radical (unpaired) electrons. The second kappa shape index (κ2) is 6.90. The van der Waals surface area contributed by atoms with Crippen molar-refractivity contribution >= 4 is 33.8 Å². The summed E-state index contributed by atoms with van der Waals surface area (Å²) in [5, 5.41) is 4.15. The zero-order valence-electron chi connectivity index (χ0n) is 13.9.